The predicted molar refractivity (Wildman–Crippen MR) is 122 cm³/mol. The van der Waals surface area contributed by atoms with Crippen molar-refractivity contribution in [1.82, 2.24) is 15.2 Å². The molecule has 0 aromatic carbocycles. The van der Waals surface area contributed by atoms with E-state index in [1.165, 1.54) is 6.07 Å². The minimum absolute atomic E-state index is 0.0291. The van der Waals surface area contributed by atoms with E-state index in [1.54, 1.807) is 15.9 Å². The van der Waals surface area contributed by atoms with Gasteiger partial charge in [-0.25, -0.2) is 9.78 Å². The van der Waals surface area contributed by atoms with Gasteiger partial charge in [0.15, 0.2) is 0 Å². The third-order valence-electron chi connectivity index (χ3n) is 6.70. The van der Waals surface area contributed by atoms with Crippen molar-refractivity contribution in [2.75, 3.05) is 31.1 Å². The Kier molecular flexibility index (Phi) is 7.38. The summed E-state index contributed by atoms with van der Waals surface area (Å²) in [5, 5.41) is 2.79. The minimum Gasteiger partial charge on any atom is -0.446 e. The number of amides is 2. The Balaban J connectivity index is 1.63. The van der Waals surface area contributed by atoms with Crippen molar-refractivity contribution in [2.24, 2.45) is 11.3 Å². The third kappa shape index (κ3) is 5.93. The lowest BCUT2D eigenvalue weighted by Crippen LogP contribution is -2.54. The van der Waals surface area contributed by atoms with E-state index in [0.717, 1.165) is 6.07 Å². The summed E-state index contributed by atoms with van der Waals surface area (Å²) >= 11 is 0. The summed E-state index contributed by atoms with van der Waals surface area (Å²) in [6, 6.07) is 3.87. The van der Waals surface area contributed by atoms with Crippen LogP contribution in [0.5, 0.6) is 0 Å². The Hall–Kier alpha value is -2.52. The summed E-state index contributed by atoms with van der Waals surface area (Å²) in [5.41, 5.74) is -1.95. The topological polar surface area (TPSA) is 74.8 Å². The van der Waals surface area contributed by atoms with Gasteiger partial charge in [0.05, 0.1) is 5.41 Å². The SMILES string of the molecule is CC(C)[C@]1(C(=O)N2CCN(c3cccc(C(F)(F)F)n3)CC2)CC[C@@H](OC(=O)NC(C)(C)C)C1. The fourth-order valence-corrected chi connectivity index (χ4v) is 4.79. The number of carbonyl (C=O) groups is 2. The average molecular weight is 485 g/mol. The number of alkyl carbamates (subject to hydrolysis) is 1. The monoisotopic (exact) mass is 484 g/mol. The molecule has 1 saturated heterocycles. The van der Waals surface area contributed by atoms with Gasteiger partial charge in [0.2, 0.25) is 5.91 Å². The molecular formula is C24H35F3N4O3. The molecule has 2 fully saturated rings. The second-order valence-corrected chi connectivity index (χ2v) is 10.6. The van der Waals surface area contributed by atoms with Crippen LogP contribution in [0.25, 0.3) is 0 Å². The van der Waals surface area contributed by atoms with Gasteiger partial charge in [-0.2, -0.15) is 13.2 Å². The van der Waals surface area contributed by atoms with E-state index in [0.29, 0.717) is 45.4 Å². The van der Waals surface area contributed by atoms with Crippen LogP contribution in [-0.4, -0.2) is 59.7 Å². The van der Waals surface area contributed by atoms with E-state index in [1.807, 2.05) is 34.6 Å². The van der Waals surface area contributed by atoms with Crippen LogP contribution in [0, 0.1) is 11.3 Å². The Bertz CT molecular complexity index is 892. The summed E-state index contributed by atoms with van der Waals surface area (Å²) in [7, 11) is 0. The van der Waals surface area contributed by atoms with Crippen LogP contribution in [0.3, 0.4) is 0 Å². The van der Waals surface area contributed by atoms with Gasteiger partial charge in [-0.1, -0.05) is 19.9 Å². The second-order valence-electron chi connectivity index (χ2n) is 10.6. The fraction of sp³-hybridized carbons (Fsp3) is 0.708. The summed E-state index contributed by atoms with van der Waals surface area (Å²) in [6.07, 6.45) is -3.59. The van der Waals surface area contributed by atoms with E-state index in [9.17, 15) is 22.8 Å². The Morgan fingerprint density at radius 3 is 2.35 bits per heavy atom. The smallest absolute Gasteiger partial charge is 0.433 e. The molecule has 1 aromatic heterocycles. The number of rotatable bonds is 4. The second kappa shape index (κ2) is 9.62. The molecule has 1 N–H and O–H groups in total. The molecule has 0 radical (unpaired) electrons. The lowest BCUT2D eigenvalue weighted by atomic mass is 9.74. The van der Waals surface area contributed by atoms with E-state index in [2.05, 4.69) is 10.3 Å². The number of nitrogens with zero attached hydrogens (tertiary/aromatic N) is 3. The number of carbonyl (C=O) groups excluding carboxylic acids is 2. The first-order valence-electron chi connectivity index (χ1n) is 11.8. The van der Waals surface area contributed by atoms with E-state index in [4.69, 9.17) is 4.74 Å². The molecular weight excluding hydrogens is 449 g/mol. The molecule has 2 heterocycles. The number of hydrogen-bond acceptors (Lipinski definition) is 5. The zero-order valence-electron chi connectivity index (χ0n) is 20.5. The maximum absolute atomic E-state index is 13.6. The van der Waals surface area contributed by atoms with Crippen molar-refractivity contribution in [3.8, 4) is 0 Å². The first-order chi connectivity index (χ1) is 15.7. The molecule has 0 bridgehead atoms. The molecule has 34 heavy (non-hydrogen) atoms. The van der Waals surface area contributed by atoms with E-state index in [-0.39, 0.29) is 23.7 Å². The highest BCUT2D eigenvalue weighted by Crippen LogP contribution is 2.47. The minimum atomic E-state index is -4.50. The van der Waals surface area contributed by atoms with Crippen LogP contribution >= 0.6 is 0 Å². The Labute approximate surface area is 199 Å². The zero-order valence-corrected chi connectivity index (χ0v) is 20.5. The molecule has 7 nitrogen and oxygen atoms in total. The first kappa shape index (κ1) is 26.1. The number of halogens is 3. The largest absolute Gasteiger partial charge is 0.446 e. The molecule has 1 saturated carbocycles. The first-order valence-corrected chi connectivity index (χ1v) is 11.8. The average Bonchev–Trinajstić information content (AvgIpc) is 3.16. The molecule has 2 aliphatic rings. The molecule has 0 unspecified atom stereocenters. The molecule has 190 valence electrons. The zero-order chi connectivity index (χ0) is 25.3. The number of nitrogens with one attached hydrogen (secondary N) is 1. The van der Waals surface area contributed by atoms with Gasteiger partial charge in [0.1, 0.15) is 17.6 Å². The van der Waals surface area contributed by atoms with Crippen molar-refractivity contribution < 1.29 is 27.5 Å². The number of alkyl halides is 3. The van der Waals surface area contributed by atoms with E-state index >= 15 is 0 Å². The van der Waals surface area contributed by atoms with Crippen molar-refractivity contribution in [3.63, 3.8) is 0 Å². The summed E-state index contributed by atoms with van der Waals surface area (Å²) < 4.78 is 44.7. The highest BCUT2D eigenvalue weighted by molar-refractivity contribution is 5.84. The standard InChI is InChI=1S/C24H35F3N4O3/c1-16(2)23(10-9-17(15-23)34-21(33)29-22(3,4)5)20(32)31-13-11-30(12-14-31)19-8-6-7-18(28-19)24(25,26)27/h6-8,16-17H,9-15H2,1-5H3,(H,29,33)/t17-,23+/m1/s1. The maximum Gasteiger partial charge on any atom is 0.433 e. The quantitative estimate of drug-likeness (QED) is 0.683. The fourth-order valence-electron chi connectivity index (χ4n) is 4.79. The highest BCUT2D eigenvalue weighted by atomic mass is 19.4. The summed E-state index contributed by atoms with van der Waals surface area (Å²) in [6.45, 7) is 11.3. The van der Waals surface area contributed by atoms with Gasteiger partial charge in [0.25, 0.3) is 0 Å². The molecule has 2 atom stereocenters. The van der Waals surface area contributed by atoms with Gasteiger partial charge in [-0.3, -0.25) is 4.79 Å². The van der Waals surface area contributed by atoms with Crippen molar-refractivity contribution in [2.45, 2.75) is 71.7 Å². The normalized spacial score (nSPS) is 23.9. The Morgan fingerprint density at radius 1 is 1.15 bits per heavy atom. The van der Waals surface area contributed by atoms with Gasteiger partial charge in [0, 0.05) is 31.7 Å². The molecule has 1 aliphatic heterocycles. The lowest BCUT2D eigenvalue weighted by molar-refractivity contribution is -0.145. The van der Waals surface area contributed by atoms with Gasteiger partial charge in [-0.05, 0) is 58.1 Å². The van der Waals surface area contributed by atoms with Crippen LogP contribution in [0.2, 0.25) is 0 Å². The predicted octanol–water partition coefficient (Wildman–Crippen LogP) is 4.47. The molecule has 1 aromatic rings. The van der Waals surface area contributed by atoms with Crippen LogP contribution in [0.1, 0.15) is 59.6 Å². The van der Waals surface area contributed by atoms with Gasteiger partial charge >= 0.3 is 12.3 Å². The molecule has 2 amide bonds. The van der Waals surface area contributed by atoms with E-state index < -0.39 is 28.9 Å². The van der Waals surface area contributed by atoms with Crippen molar-refractivity contribution >= 4 is 17.8 Å². The molecule has 1 aliphatic carbocycles. The van der Waals surface area contributed by atoms with Crippen LogP contribution in [0.15, 0.2) is 18.2 Å². The number of pyridine rings is 1. The Morgan fingerprint density at radius 2 is 1.79 bits per heavy atom. The molecule has 3 rings (SSSR count). The summed E-state index contributed by atoms with van der Waals surface area (Å²) in [4.78, 5) is 33.2. The van der Waals surface area contributed by atoms with Gasteiger partial charge in [-0.15, -0.1) is 0 Å². The molecule has 10 heteroatoms. The van der Waals surface area contributed by atoms with Crippen LogP contribution in [0.4, 0.5) is 23.8 Å². The van der Waals surface area contributed by atoms with Gasteiger partial charge < -0.3 is 19.9 Å². The number of ether oxygens (including phenoxy) is 1. The number of anilines is 1. The lowest BCUT2D eigenvalue weighted by Gasteiger charge is -2.42. The highest BCUT2D eigenvalue weighted by Gasteiger charge is 2.50. The third-order valence-corrected chi connectivity index (χ3v) is 6.70. The molecule has 0 spiro atoms. The van der Waals surface area contributed by atoms with Crippen molar-refractivity contribution in [3.05, 3.63) is 23.9 Å². The van der Waals surface area contributed by atoms with Crippen LogP contribution < -0.4 is 10.2 Å². The number of aromatic nitrogens is 1. The number of hydrogen-bond donors (Lipinski definition) is 1. The van der Waals surface area contributed by atoms with Crippen molar-refractivity contribution in [1.29, 1.82) is 0 Å². The maximum atomic E-state index is 13.6. The van der Waals surface area contributed by atoms with Crippen LogP contribution in [-0.2, 0) is 15.7 Å². The number of piperazine rings is 1. The summed E-state index contributed by atoms with van der Waals surface area (Å²) in [5.74, 6) is 0.351.